The van der Waals surface area contributed by atoms with Gasteiger partial charge in [0.25, 0.3) is 0 Å². The number of aliphatic carboxylic acids is 1. The Labute approximate surface area is 128 Å². The molecule has 0 aliphatic rings. The van der Waals surface area contributed by atoms with Gasteiger partial charge in [-0.15, -0.1) is 13.2 Å². The third kappa shape index (κ3) is 4.36. The first-order chi connectivity index (χ1) is 10.2. The molecular weight excluding hydrogens is 323 g/mol. The number of ether oxygens (including phenoxy) is 1. The molecule has 0 saturated carbocycles. The minimum absolute atomic E-state index is 0.211. The molecule has 1 heterocycles. The Morgan fingerprint density at radius 2 is 1.91 bits per heavy atom. The molecule has 22 heavy (non-hydrogen) atoms. The maximum Gasteiger partial charge on any atom is 0.573 e. The minimum atomic E-state index is -4.75. The van der Waals surface area contributed by atoms with Crippen LogP contribution in [0.4, 0.5) is 13.2 Å². The van der Waals surface area contributed by atoms with Crippen LogP contribution < -0.4 is 4.74 Å². The first-order valence-electron chi connectivity index (χ1n) is 5.97. The maximum absolute atomic E-state index is 12.1. The van der Waals surface area contributed by atoms with Crippen LogP contribution in [0.25, 0.3) is 11.3 Å². The van der Waals surface area contributed by atoms with Crippen LogP contribution in [0.5, 0.6) is 5.75 Å². The molecule has 2 aromatic rings. The van der Waals surface area contributed by atoms with Crippen LogP contribution in [0, 0.1) is 0 Å². The van der Waals surface area contributed by atoms with Gasteiger partial charge in [0.2, 0.25) is 0 Å². The summed E-state index contributed by atoms with van der Waals surface area (Å²) in [7, 11) is 0. The predicted octanol–water partition coefficient (Wildman–Crippen LogP) is 3.93. The zero-order chi connectivity index (χ0) is 16.3. The van der Waals surface area contributed by atoms with Crippen LogP contribution in [0.15, 0.2) is 36.5 Å². The predicted molar refractivity (Wildman–Crippen MR) is 72.7 cm³/mol. The molecular formula is C14H9ClF3NO3. The summed E-state index contributed by atoms with van der Waals surface area (Å²) >= 11 is 6.03. The van der Waals surface area contributed by atoms with E-state index >= 15 is 0 Å². The lowest BCUT2D eigenvalue weighted by molar-refractivity contribution is -0.274. The number of carbonyl (C=O) groups is 1. The molecule has 0 unspecified atom stereocenters. The van der Waals surface area contributed by atoms with E-state index in [9.17, 15) is 18.0 Å². The fraction of sp³-hybridized carbons (Fsp3) is 0.143. The Bertz CT molecular complexity index is 687. The number of nitrogens with zero attached hydrogens (tertiary/aromatic N) is 1. The molecule has 1 aromatic heterocycles. The van der Waals surface area contributed by atoms with Crippen molar-refractivity contribution < 1.29 is 27.8 Å². The summed E-state index contributed by atoms with van der Waals surface area (Å²) in [5.74, 6) is -1.37. The molecule has 2 rings (SSSR count). The monoisotopic (exact) mass is 331 g/mol. The molecule has 1 aromatic carbocycles. The Kier molecular flexibility index (Phi) is 4.56. The SMILES string of the molecule is O=C(O)Cc1cnc(-c2ccc(OC(F)(F)F)cc2)c(Cl)c1. The van der Waals surface area contributed by atoms with Crippen molar-refractivity contribution in [3.05, 3.63) is 47.1 Å². The summed E-state index contributed by atoms with van der Waals surface area (Å²) in [6, 6.07) is 6.51. The lowest BCUT2D eigenvalue weighted by atomic mass is 10.1. The van der Waals surface area contributed by atoms with Crippen LogP contribution in [0.1, 0.15) is 5.56 Å². The number of hydrogen-bond donors (Lipinski definition) is 1. The summed E-state index contributed by atoms with van der Waals surface area (Å²) in [4.78, 5) is 14.7. The summed E-state index contributed by atoms with van der Waals surface area (Å²) in [6.07, 6.45) is -3.61. The van der Waals surface area contributed by atoms with Crippen molar-refractivity contribution in [2.45, 2.75) is 12.8 Å². The van der Waals surface area contributed by atoms with Gasteiger partial charge >= 0.3 is 12.3 Å². The maximum atomic E-state index is 12.1. The van der Waals surface area contributed by atoms with Gasteiger partial charge in [-0.1, -0.05) is 11.6 Å². The number of benzene rings is 1. The van der Waals surface area contributed by atoms with Crippen molar-refractivity contribution in [3.8, 4) is 17.0 Å². The standard InChI is InChI=1S/C14H9ClF3NO3/c15-11-5-8(6-12(20)21)7-19-13(11)9-1-3-10(4-2-9)22-14(16,17)18/h1-5,7H,6H2,(H,20,21). The van der Waals surface area contributed by atoms with Gasteiger partial charge in [-0.3, -0.25) is 9.78 Å². The highest BCUT2D eigenvalue weighted by atomic mass is 35.5. The van der Waals surface area contributed by atoms with E-state index in [0.29, 0.717) is 16.8 Å². The molecule has 0 atom stereocenters. The molecule has 0 aliphatic carbocycles. The molecule has 0 fully saturated rings. The smallest absolute Gasteiger partial charge is 0.481 e. The molecule has 0 bridgehead atoms. The van der Waals surface area contributed by atoms with Crippen molar-refractivity contribution in [3.63, 3.8) is 0 Å². The van der Waals surface area contributed by atoms with Crippen LogP contribution in [-0.2, 0) is 11.2 Å². The van der Waals surface area contributed by atoms with E-state index in [1.165, 1.54) is 24.4 Å². The summed E-state index contributed by atoms with van der Waals surface area (Å²) in [6.45, 7) is 0. The van der Waals surface area contributed by atoms with Crippen molar-refractivity contribution in [1.82, 2.24) is 4.98 Å². The summed E-state index contributed by atoms with van der Waals surface area (Å²) < 4.78 is 40.0. The zero-order valence-corrected chi connectivity index (χ0v) is 11.6. The van der Waals surface area contributed by atoms with E-state index in [0.717, 1.165) is 12.1 Å². The van der Waals surface area contributed by atoms with Crippen molar-refractivity contribution in [2.24, 2.45) is 0 Å². The van der Waals surface area contributed by atoms with E-state index in [1.54, 1.807) is 0 Å². The van der Waals surface area contributed by atoms with Crippen LogP contribution in [0.2, 0.25) is 5.02 Å². The van der Waals surface area contributed by atoms with Gasteiger partial charge in [-0.05, 0) is 35.9 Å². The number of alkyl halides is 3. The molecule has 0 saturated heterocycles. The molecule has 116 valence electrons. The average Bonchev–Trinajstić information content (AvgIpc) is 2.37. The highest BCUT2D eigenvalue weighted by molar-refractivity contribution is 6.33. The van der Waals surface area contributed by atoms with Crippen LogP contribution in [0.3, 0.4) is 0 Å². The average molecular weight is 332 g/mol. The van der Waals surface area contributed by atoms with Gasteiger partial charge in [0.15, 0.2) is 0 Å². The Balaban J connectivity index is 2.23. The number of pyridine rings is 1. The highest BCUT2D eigenvalue weighted by Crippen LogP contribution is 2.29. The van der Waals surface area contributed by atoms with E-state index in [-0.39, 0.29) is 17.2 Å². The normalized spacial score (nSPS) is 11.3. The van der Waals surface area contributed by atoms with Crippen molar-refractivity contribution in [1.29, 1.82) is 0 Å². The summed E-state index contributed by atoms with van der Waals surface area (Å²) in [5.41, 5.74) is 1.26. The Morgan fingerprint density at radius 1 is 1.27 bits per heavy atom. The highest BCUT2D eigenvalue weighted by Gasteiger charge is 2.31. The quantitative estimate of drug-likeness (QED) is 0.922. The molecule has 0 spiro atoms. The largest absolute Gasteiger partial charge is 0.573 e. The van der Waals surface area contributed by atoms with E-state index in [1.807, 2.05) is 0 Å². The number of halogens is 4. The third-order valence-corrected chi connectivity index (χ3v) is 2.90. The van der Waals surface area contributed by atoms with Crippen LogP contribution >= 0.6 is 11.6 Å². The number of hydrogen-bond acceptors (Lipinski definition) is 3. The van der Waals surface area contributed by atoms with Crippen LogP contribution in [-0.4, -0.2) is 22.4 Å². The zero-order valence-electron chi connectivity index (χ0n) is 10.9. The molecule has 0 aliphatic heterocycles. The second kappa shape index (κ2) is 6.23. The fourth-order valence-electron chi connectivity index (χ4n) is 1.78. The van der Waals surface area contributed by atoms with Crippen molar-refractivity contribution >= 4 is 17.6 Å². The molecule has 4 nitrogen and oxygen atoms in total. The third-order valence-electron chi connectivity index (χ3n) is 2.61. The van der Waals surface area contributed by atoms with Gasteiger partial charge in [-0.2, -0.15) is 0 Å². The van der Waals surface area contributed by atoms with E-state index in [2.05, 4.69) is 9.72 Å². The van der Waals surface area contributed by atoms with E-state index in [4.69, 9.17) is 16.7 Å². The molecule has 0 amide bonds. The first-order valence-corrected chi connectivity index (χ1v) is 6.35. The number of aromatic nitrogens is 1. The van der Waals surface area contributed by atoms with E-state index < -0.39 is 12.3 Å². The second-order valence-electron chi connectivity index (χ2n) is 4.32. The van der Waals surface area contributed by atoms with Gasteiger partial charge in [0.1, 0.15) is 5.75 Å². The fourth-order valence-corrected chi connectivity index (χ4v) is 2.07. The Morgan fingerprint density at radius 3 is 2.41 bits per heavy atom. The lowest BCUT2D eigenvalue weighted by Gasteiger charge is -2.10. The summed E-state index contributed by atoms with van der Waals surface area (Å²) in [5, 5.41) is 8.90. The second-order valence-corrected chi connectivity index (χ2v) is 4.72. The van der Waals surface area contributed by atoms with Crippen molar-refractivity contribution in [2.75, 3.05) is 0 Å². The van der Waals surface area contributed by atoms with Gasteiger partial charge < -0.3 is 9.84 Å². The molecule has 0 radical (unpaired) electrons. The van der Waals surface area contributed by atoms with Gasteiger partial charge in [0.05, 0.1) is 17.1 Å². The van der Waals surface area contributed by atoms with Gasteiger partial charge in [-0.25, -0.2) is 0 Å². The molecule has 1 N–H and O–H groups in total. The number of carboxylic acid groups (broad SMARTS) is 1. The minimum Gasteiger partial charge on any atom is -0.481 e. The molecule has 8 heteroatoms. The lowest BCUT2D eigenvalue weighted by Crippen LogP contribution is -2.16. The topological polar surface area (TPSA) is 59.4 Å². The van der Waals surface area contributed by atoms with Gasteiger partial charge in [0, 0.05) is 11.8 Å². The number of rotatable bonds is 4. The Hall–Kier alpha value is -2.28. The first kappa shape index (κ1) is 16.1. The number of carboxylic acids is 1.